The zero-order chi connectivity index (χ0) is 24.2. The van der Waals surface area contributed by atoms with E-state index in [9.17, 15) is 9.59 Å². The van der Waals surface area contributed by atoms with Crippen LogP contribution in [-0.2, 0) is 9.59 Å². The summed E-state index contributed by atoms with van der Waals surface area (Å²) in [7, 11) is 0. The highest BCUT2D eigenvalue weighted by atomic mass is 35.5. The van der Waals surface area contributed by atoms with Gasteiger partial charge in [0.25, 0.3) is 0 Å². The molecule has 2 heterocycles. The first-order valence-electron chi connectivity index (χ1n) is 11.3. The van der Waals surface area contributed by atoms with Gasteiger partial charge in [0, 0.05) is 30.2 Å². The molecule has 0 unspecified atom stereocenters. The van der Waals surface area contributed by atoms with Gasteiger partial charge in [-0.2, -0.15) is 5.10 Å². The van der Waals surface area contributed by atoms with Crippen molar-refractivity contribution in [1.82, 2.24) is 9.99 Å². The molecule has 0 saturated carbocycles. The molecular formula is C26H26ClN3O4. The average molecular weight is 480 g/mol. The highest BCUT2D eigenvalue weighted by Crippen LogP contribution is 2.38. The Balaban J connectivity index is 1.71. The van der Waals surface area contributed by atoms with Crippen molar-refractivity contribution in [2.45, 2.75) is 45.6 Å². The summed E-state index contributed by atoms with van der Waals surface area (Å²) >= 11 is 6.61. The second-order valence-electron chi connectivity index (χ2n) is 8.28. The lowest BCUT2D eigenvalue weighted by molar-refractivity contribution is -0.137. The van der Waals surface area contributed by atoms with E-state index in [0.717, 1.165) is 33.5 Å². The third-order valence-electron chi connectivity index (χ3n) is 5.74. The van der Waals surface area contributed by atoms with Crippen molar-refractivity contribution in [3.8, 4) is 5.75 Å². The van der Waals surface area contributed by atoms with Gasteiger partial charge in [0.15, 0.2) is 0 Å². The Kier molecular flexibility index (Phi) is 7.12. The molecule has 176 valence electrons. The molecule has 3 aromatic rings. The fourth-order valence-corrected chi connectivity index (χ4v) is 4.40. The lowest BCUT2D eigenvalue weighted by Crippen LogP contribution is -2.27. The van der Waals surface area contributed by atoms with E-state index < -0.39 is 12.0 Å². The largest absolute Gasteiger partial charge is 0.494 e. The molecule has 0 aliphatic carbocycles. The Bertz CT molecular complexity index is 1270. The van der Waals surface area contributed by atoms with Crippen LogP contribution in [-0.4, -0.2) is 39.3 Å². The predicted molar refractivity (Wildman–Crippen MR) is 131 cm³/mol. The number of aryl methyl sites for hydroxylation is 1. The van der Waals surface area contributed by atoms with Gasteiger partial charge in [-0.3, -0.25) is 9.59 Å². The van der Waals surface area contributed by atoms with Gasteiger partial charge in [0.05, 0.1) is 23.9 Å². The summed E-state index contributed by atoms with van der Waals surface area (Å²) in [5.74, 6) is -0.440. The number of carbonyl (C=O) groups is 2. The number of rotatable bonds is 8. The third kappa shape index (κ3) is 5.20. The predicted octanol–water partition coefficient (Wildman–Crippen LogP) is 5.53. The van der Waals surface area contributed by atoms with Crippen LogP contribution in [0.5, 0.6) is 5.75 Å². The zero-order valence-electron chi connectivity index (χ0n) is 19.1. The molecule has 0 fully saturated rings. The fourth-order valence-electron chi connectivity index (χ4n) is 4.12. The first-order valence-corrected chi connectivity index (χ1v) is 11.6. The normalized spacial score (nSPS) is 15.4. The Morgan fingerprint density at radius 2 is 2.00 bits per heavy atom. The number of aromatic nitrogens is 1. The van der Waals surface area contributed by atoms with Crippen LogP contribution in [0.4, 0.5) is 0 Å². The number of nitrogens with zero attached hydrogens (tertiary/aromatic N) is 3. The van der Waals surface area contributed by atoms with E-state index >= 15 is 0 Å². The van der Waals surface area contributed by atoms with Gasteiger partial charge in [0.2, 0.25) is 5.91 Å². The number of aliphatic carboxylic acids is 1. The molecule has 1 aromatic heterocycles. The maximum Gasteiger partial charge on any atom is 0.303 e. The lowest BCUT2D eigenvalue weighted by Gasteiger charge is -2.23. The number of amides is 1. The van der Waals surface area contributed by atoms with Crippen LogP contribution in [0.2, 0.25) is 5.15 Å². The first-order chi connectivity index (χ1) is 16.4. The maximum absolute atomic E-state index is 13.1. The minimum atomic E-state index is -0.929. The molecule has 0 spiro atoms. The first kappa shape index (κ1) is 23.7. The Morgan fingerprint density at radius 1 is 1.18 bits per heavy atom. The second-order valence-corrected chi connectivity index (χ2v) is 8.64. The van der Waals surface area contributed by atoms with Crippen LogP contribution < -0.4 is 4.74 Å². The second kappa shape index (κ2) is 10.2. The summed E-state index contributed by atoms with van der Waals surface area (Å²) < 4.78 is 5.62. The molecule has 0 radical (unpaired) electrons. The molecule has 1 aliphatic rings. The van der Waals surface area contributed by atoms with E-state index in [1.807, 2.05) is 62.4 Å². The number of pyridine rings is 1. The van der Waals surface area contributed by atoms with Crippen molar-refractivity contribution in [3.63, 3.8) is 0 Å². The summed E-state index contributed by atoms with van der Waals surface area (Å²) in [4.78, 5) is 28.6. The van der Waals surface area contributed by atoms with Gasteiger partial charge in [-0.25, -0.2) is 9.99 Å². The van der Waals surface area contributed by atoms with Crippen LogP contribution in [0.15, 0.2) is 53.6 Å². The van der Waals surface area contributed by atoms with Gasteiger partial charge in [-0.15, -0.1) is 0 Å². The molecule has 1 amide bonds. The molecule has 7 nitrogen and oxygen atoms in total. The van der Waals surface area contributed by atoms with E-state index in [4.69, 9.17) is 21.4 Å². The summed E-state index contributed by atoms with van der Waals surface area (Å²) in [6, 6.07) is 15.1. The number of ether oxygens (including phenoxy) is 1. The van der Waals surface area contributed by atoms with Crippen LogP contribution >= 0.6 is 11.6 Å². The molecule has 0 bridgehead atoms. The molecule has 0 saturated heterocycles. The maximum atomic E-state index is 13.1. The SMILES string of the molecule is CCOc1ccc2nc(Cl)c([C@H]3CC(c4cccc(C)c4)=NN3C(=O)CCCC(=O)O)cc2c1. The molecular weight excluding hydrogens is 454 g/mol. The molecule has 1 atom stereocenters. The van der Waals surface area contributed by atoms with Crippen LogP contribution in [0.1, 0.15) is 55.3 Å². The highest BCUT2D eigenvalue weighted by Gasteiger charge is 2.34. The number of hydrogen-bond donors (Lipinski definition) is 1. The van der Waals surface area contributed by atoms with E-state index in [1.54, 1.807) is 0 Å². The summed E-state index contributed by atoms with van der Waals surface area (Å²) in [5, 5.41) is 16.2. The van der Waals surface area contributed by atoms with E-state index in [2.05, 4.69) is 10.1 Å². The standard InChI is InChI=1S/C26H26ClN3O4/c1-3-34-19-10-11-21-18(13-19)14-20(26(27)28-21)23-15-22(17-7-4-6-16(2)12-17)29-30(23)24(31)8-5-9-25(32)33/h4,6-7,10-14,23H,3,5,8-9,15H2,1-2H3,(H,32,33)/t23-/m1/s1. The number of benzene rings is 2. The molecule has 34 heavy (non-hydrogen) atoms. The average Bonchev–Trinajstić information content (AvgIpc) is 3.24. The number of carboxylic acids is 1. The number of carbonyl (C=O) groups excluding carboxylic acids is 1. The van der Waals surface area contributed by atoms with Crippen molar-refractivity contribution in [1.29, 1.82) is 0 Å². The van der Waals surface area contributed by atoms with E-state index in [0.29, 0.717) is 23.7 Å². The van der Waals surface area contributed by atoms with Gasteiger partial charge in [0.1, 0.15) is 10.9 Å². The van der Waals surface area contributed by atoms with Crippen LogP contribution in [0.3, 0.4) is 0 Å². The number of carboxylic acid groups (broad SMARTS) is 1. The van der Waals surface area contributed by atoms with Gasteiger partial charge >= 0.3 is 5.97 Å². The van der Waals surface area contributed by atoms with Gasteiger partial charge < -0.3 is 9.84 Å². The Labute approximate surface area is 203 Å². The fraction of sp³-hybridized carbons (Fsp3) is 0.308. The van der Waals surface area contributed by atoms with Crippen molar-refractivity contribution in [2.24, 2.45) is 5.10 Å². The number of halogens is 1. The minimum Gasteiger partial charge on any atom is -0.494 e. The molecule has 8 heteroatoms. The van der Waals surface area contributed by atoms with Gasteiger partial charge in [-0.1, -0.05) is 41.4 Å². The minimum absolute atomic E-state index is 0.0722. The van der Waals surface area contributed by atoms with Crippen LogP contribution in [0.25, 0.3) is 10.9 Å². The third-order valence-corrected chi connectivity index (χ3v) is 6.04. The Morgan fingerprint density at radius 3 is 2.74 bits per heavy atom. The van der Waals surface area contributed by atoms with Crippen LogP contribution in [0, 0.1) is 6.92 Å². The highest BCUT2D eigenvalue weighted by molar-refractivity contribution is 6.30. The molecule has 2 aromatic carbocycles. The number of fused-ring (bicyclic) bond motifs is 1. The van der Waals surface area contributed by atoms with Crippen molar-refractivity contribution in [2.75, 3.05) is 6.61 Å². The molecule has 1 N–H and O–H groups in total. The topological polar surface area (TPSA) is 92.1 Å². The molecule has 4 rings (SSSR count). The summed E-state index contributed by atoms with van der Waals surface area (Å²) in [6.07, 6.45) is 0.734. The van der Waals surface area contributed by atoms with Crippen molar-refractivity contribution < 1.29 is 19.4 Å². The quantitative estimate of drug-likeness (QED) is 0.429. The summed E-state index contributed by atoms with van der Waals surface area (Å²) in [6.45, 7) is 4.48. The smallest absolute Gasteiger partial charge is 0.303 e. The zero-order valence-corrected chi connectivity index (χ0v) is 19.9. The number of hydrogen-bond acceptors (Lipinski definition) is 5. The van der Waals surface area contributed by atoms with E-state index in [1.165, 1.54) is 5.01 Å². The van der Waals surface area contributed by atoms with E-state index in [-0.39, 0.29) is 25.2 Å². The Hall–Kier alpha value is -3.45. The lowest BCUT2D eigenvalue weighted by atomic mass is 9.97. The van der Waals surface area contributed by atoms with Crippen molar-refractivity contribution >= 4 is 40.1 Å². The number of hydrazone groups is 1. The monoisotopic (exact) mass is 479 g/mol. The van der Waals surface area contributed by atoms with Gasteiger partial charge in [-0.05, 0) is 50.1 Å². The van der Waals surface area contributed by atoms with Crippen molar-refractivity contribution in [3.05, 3.63) is 70.4 Å². The molecule has 1 aliphatic heterocycles. The summed E-state index contributed by atoms with van der Waals surface area (Å²) in [5.41, 5.74) is 4.24.